The summed E-state index contributed by atoms with van der Waals surface area (Å²) in [6.07, 6.45) is 4.27. The van der Waals surface area contributed by atoms with Crippen LogP contribution in [0.4, 0.5) is 0 Å². The van der Waals surface area contributed by atoms with E-state index >= 15 is 0 Å². The van der Waals surface area contributed by atoms with Gasteiger partial charge in [-0.05, 0) is 37.3 Å². The maximum absolute atomic E-state index is 12.5. The SMILES string of the molecule is COc1ccc([C@H](NC(=O)CCCN2CCOCC2)C2CC(O)C2)cn1. The molecule has 26 heavy (non-hydrogen) atoms. The zero-order valence-electron chi connectivity index (χ0n) is 15.4. The number of nitrogens with one attached hydrogen (secondary N) is 1. The molecule has 1 aliphatic carbocycles. The zero-order valence-corrected chi connectivity index (χ0v) is 15.4. The minimum Gasteiger partial charge on any atom is -0.481 e. The number of hydrogen-bond donors (Lipinski definition) is 2. The summed E-state index contributed by atoms with van der Waals surface area (Å²) >= 11 is 0. The van der Waals surface area contributed by atoms with Crippen LogP contribution in [0.5, 0.6) is 5.88 Å². The maximum Gasteiger partial charge on any atom is 0.220 e. The van der Waals surface area contributed by atoms with Gasteiger partial charge < -0.3 is 19.9 Å². The van der Waals surface area contributed by atoms with Gasteiger partial charge in [-0.2, -0.15) is 0 Å². The van der Waals surface area contributed by atoms with Crippen molar-refractivity contribution in [2.75, 3.05) is 40.0 Å². The molecule has 144 valence electrons. The van der Waals surface area contributed by atoms with E-state index in [-0.39, 0.29) is 24.0 Å². The molecular formula is C19H29N3O4. The Bertz CT molecular complexity index is 569. The van der Waals surface area contributed by atoms with Crippen molar-refractivity contribution in [2.45, 2.75) is 37.8 Å². The molecule has 7 nitrogen and oxygen atoms in total. The van der Waals surface area contributed by atoms with Crippen molar-refractivity contribution < 1.29 is 19.4 Å². The fourth-order valence-corrected chi connectivity index (χ4v) is 3.61. The normalized spacial score (nSPS) is 24.5. The maximum atomic E-state index is 12.5. The Kier molecular flexibility index (Phi) is 6.82. The number of carbonyl (C=O) groups is 1. The van der Waals surface area contributed by atoms with E-state index in [9.17, 15) is 9.90 Å². The standard InChI is InChI=1S/C19H29N3O4/c1-25-18-5-4-14(13-20-18)19(15-11-16(23)12-15)21-17(24)3-2-6-22-7-9-26-10-8-22/h4-5,13,15-16,19,23H,2-3,6-12H2,1H3,(H,21,24)/t15?,16?,19-/m0/s1. The van der Waals surface area contributed by atoms with E-state index < -0.39 is 0 Å². The lowest BCUT2D eigenvalue weighted by Gasteiger charge is -2.38. The number of rotatable bonds is 8. The third kappa shape index (κ3) is 5.16. The Morgan fingerprint density at radius 2 is 2.19 bits per heavy atom. The van der Waals surface area contributed by atoms with Crippen LogP contribution in [0.2, 0.25) is 0 Å². The van der Waals surface area contributed by atoms with Crippen LogP contribution >= 0.6 is 0 Å². The number of carbonyl (C=O) groups excluding carboxylic acids is 1. The first-order chi connectivity index (χ1) is 12.7. The van der Waals surface area contributed by atoms with E-state index in [4.69, 9.17) is 9.47 Å². The van der Waals surface area contributed by atoms with Crippen molar-refractivity contribution >= 4 is 5.91 Å². The Hall–Kier alpha value is -1.70. The van der Waals surface area contributed by atoms with Crippen LogP contribution in [0, 0.1) is 5.92 Å². The van der Waals surface area contributed by atoms with Crippen molar-refractivity contribution in [1.82, 2.24) is 15.2 Å². The Morgan fingerprint density at radius 1 is 1.42 bits per heavy atom. The summed E-state index contributed by atoms with van der Waals surface area (Å²) in [5.74, 6) is 0.863. The quantitative estimate of drug-likeness (QED) is 0.720. The highest BCUT2D eigenvalue weighted by Crippen LogP contribution is 2.38. The second kappa shape index (κ2) is 9.30. The highest BCUT2D eigenvalue weighted by atomic mass is 16.5. The molecular weight excluding hydrogens is 334 g/mol. The van der Waals surface area contributed by atoms with E-state index in [2.05, 4.69) is 15.2 Å². The molecule has 1 aromatic rings. The first-order valence-corrected chi connectivity index (χ1v) is 9.43. The Balaban J connectivity index is 1.52. The first-order valence-electron chi connectivity index (χ1n) is 9.43. The Labute approximate surface area is 154 Å². The van der Waals surface area contributed by atoms with Gasteiger partial charge in [-0.3, -0.25) is 9.69 Å². The van der Waals surface area contributed by atoms with E-state index in [1.54, 1.807) is 13.3 Å². The minimum absolute atomic E-state index is 0.0560. The van der Waals surface area contributed by atoms with Crippen molar-refractivity contribution in [3.8, 4) is 5.88 Å². The van der Waals surface area contributed by atoms with Gasteiger partial charge in [0.05, 0.1) is 32.5 Å². The lowest BCUT2D eigenvalue weighted by atomic mass is 9.75. The molecule has 7 heteroatoms. The van der Waals surface area contributed by atoms with E-state index in [0.29, 0.717) is 25.1 Å². The number of aliphatic hydroxyl groups excluding tert-OH is 1. The Morgan fingerprint density at radius 3 is 2.81 bits per heavy atom. The second-order valence-electron chi connectivity index (χ2n) is 7.12. The number of nitrogens with zero attached hydrogens (tertiary/aromatic N) is 2. The molecule has 0 radical (unpaired) electrons. The van der Waals surface area contributed by atoms with Crippen LogP contribution in [-0.4, -0.2) is 67.0 Å². The summed E-state index contributed by atoms with van der Waals surface area (Å²) < 4.78 is 10.4. The molecule has 1 aliphatic heterocycles. The zero-order chi connectivity index (χ0) is 18.4. The first kappa shape index (κ1) is 19.1. The van der Waals surface area contributed by atoms with Gasteiger partial charge in [-0.25, -0.2) is 4.98 Å². The predicted octanol–water partition coefficient (Wildman–Crippen LogP) is 1.13. The van der Waals surface area contributed by atoms with Gasteiger partial charge in [-0.15, -0.1) is 0 Å². The fraction of sp³-hybridized carbons (Fsp3) is 0.684. The number of ether oxygens (including phenoxy) is 2. The summed E-state index contributed by atoms with van der Waals surface area (Å²) in [7, 11) is 1.58. The molecule has 2 heterocycles. The second-order valence-corrected chi connectivity index (χ2v) is 7.12. The highest BCUT2D eigenvalue weighted by molar-refractivity contribution is 5.76. The van der Waals surface area contributed by atoms with Gasteiger partial charge >= 0.3 is 0 Å². The predicted molar refractivity (Wildman–Crippen MR) is 96.9 cm³/mol. The molecule has 1 atom stereocenters. The van der Waals surface area contributed by atoms with Gasteiger partial charge in [0.2, 0.25) is 11.8 Å². The number of methoxy groups -OCH3 is 1. The molecule has 0 bridgehead atoms. The van der Waals surface area contributed by atoms with Crippen molar-refractivity contribution in [2.24, 2.45) is 5.92 Å². The molecule has 1 amide bonds. The van der Waals surface area contributed by atoms with Crippen LogP contribution in [0.1, 0.15) is 37.3 Å². The van der Waals surface area contributed by atoms with Gasteiger partial charge in [0.25, 0.3) is 0 Å². The molecule has 0 spiro atoms. The van der Waals surface area contributed by atoms with Crippen LogP contribution in [0.25, 0.3) is 0 Å². The van der Waals surface area contributed by atoms with Gasteiger partial charge in [0.1, 0.15) is 0 Å². The third-order valence-electron chi connectivity index (χ3n) is 5.25. The lowest BCUT2D eigenvalue weighted by molar-refractivity contribution is -0.123. The molecule has 2 fully saturated rings. The topological polar surface area (TPSA) is 83.9 Å². The summed E-state index contributed by atoms with van der Waals surface area (Å²) in [5.41, 5.74) is 0.962. The monoisotopic (exact) mass is 363 g/mol. The number of aliphatic hydroxyl groups is 1. The molecule has 2 N–H and O–H groups in total. The van der Waals surface area contributed by atoms with Crippen molar-refractivity contribution in [3.63, 3.8) is 0 Å². The number of morpholine rings is 1. The number of amides is 1. The van der Waals surface area contributed by atoms with E-state index in [1.165, 1.54) is 0 Å². The molecule has 1 saturated carbocycles. The fourth-order valence-electron chi connectivity index (χ4n) is 3.61. The summed E-state index contributed by atoms with van der Waals surface area (Å²) in [5, 5.41) is 12.8. The smallest absolute Gasteiger partial charge is 0.220 e. The van der Waals surface area contributed by atoms with Gasteiger partial charge in [-0.1, -0.05) is 6.07 Å². The number of aromatic nitrogens is 1. The van der Waals surface area contributed by atoms with Crippen LogP contribution in [0.15, 0.2) is 18.3 Å². The molecule has 1 saturated heterocycles. The molecule has 0 aromatic carbocycles. The number of pyridine rings is 1. The van der Waals surface area contributed by atoms with Gasteiger partial charge in [0, 0.05) is 31.8 Å². The lowest BCUT2D eigenvalue weighted by Crippen LogP contribution is -2.41. The molecule has 2 aliphatic rings. The number of hydrogen-bond acceptors (Lipinski definition) is 6. The van der Waals surface area contributed by atoms with Crippen LogP contribution < -0.4 is 10.1 Å². The summed E-state index contributed by atoms with van der Waals surface area (Å²) in [4.78, 5) is 19.0. The van der Waals surface area contributed by atoms with Crippen molar-refractivity contribution in [1.29, 1.82) is 0 Å². The average molecular weight is 363 g/mol. The van der Waals surface area contributed by atoms with Gasteiger partial charge in [0.15, 0.2) is 0 Å². The largest absolute Gasteiger partial charge is 0.481 e. The van der Waals surface area contributed by atoms with E-state index in [0.717, 1.165) is 44.8 Å². The van der Waals surface area contributed by atoms with Crippen LogP contribution in [-0.2, 0) is 9.53 Å². The average Bonchev–Trinajstić information content (AvgIpc) is 2.65. The summed E-state index contributed by atoms with van der Waals surface area (Å²) in [6.45, 7) is 4.38. The third-order valence-corrected chi connectivity index (χ3v) is 5.25. The van der Waals surface area contributed by atoms with Crippen molar-refractivity contribution in [3.05, 3.63) is 23.9 Å². The van der Waals surface area contributed by atoms with Crippen LogP contribution in [0.3, 0.4) is 0 Å². The molecule has 0 unspecified atom stereocenters. The summed E-state index contributed by atoms with van der Waals surface area (Å²) in [6, 6.07) is 3.64. The highest BCUT2D eigenvalue weighted by Gasteiger charge is 2.35. The van der Waals surface area contributed by atoms with E-state index in [1.807, 2.05) is 12.1 Å². The molecule has 1 aromatic heterocycles. The minimum atomic E-state index is -0.257. The molecule has 3 rings (SSSR count).